The van der Waals surface area contributed by atoms with E-state index in [0.29, 0.717) is 31.6 Å². The van der Waals surface area contributed by atoms with Crippen LogP contribution in [-0.4, -0.2) is 35.7 Å². The van der Waals surface area contributed by atoms with E-state index in [0.717, 1.165) is 0 Å². The Morgan fingerprint density at radius 2 is 2.09 bits per heavy atom. The van der Waals surface area contributed by atoms with Gasteiger partial charge in [0.25, 0.3) is 0 Å². The molecule has 1 aliphatic heterocycles. The molecule has 2 rings (SSSR count). The molecule has 2 N–H and O–H groups in total. The fraction of sp³-hybridized carbons (Fsp3) is 0.500. The first-order chi connectivity index (χ1) is 10.4. The van der Waals surface area contributed by atoms with E-state index in [2.05, 4.69) is 5.32 Å². The lowest BCUT2D eigenvalue weighted by Gasteiger charge is -2.37. The van der Waals surface area contributed by atoms with Gasteiger partial charge in [-0.15, -0.1) is 0 Å². The molecule has 5 nitrogen and oxygen atoms in total. The number of benzene rings is 1. The maximum atomic E-state index is 13.3. The third-order valence-corrected chi connectivity index (χ3v) is 4.07. The average Bonchev–Trinajstić information content (AvgIpc) is 2.46. The Kier molecular flexibility index (Phi) is 5.13. The van der Waals surface area contributed by atoms with Gasteiger partial charge in [0, 0.05) is 13.2 Å². The number of carbonyl (C=O) groups excluding carboxylic acids is 1. The molecule has 0 spiro atoms. The van der Waals surface area contributed by atoms with Crippen LogP contribution in [0, 0.1) is 5.82 Å². The Morgan fingerprint density at radius 1 is 1.41 bits per heavy atom. The van der Waals surface area contributed by atoms with Crippen molar-refractivity contribution in [1.82, 2.24) is 5.32 Å². The van der Waals surface area contributed by atoms with Crippen molar-refractivity contribution in [2.24, 2.45) is 0 Å². The number of carbonyl (C=O) groups is 2. The van der Waals surface area contributed by atoms with Crippen molar-refractivity contribution in [3.8, 4) is 0 Å². The van der Waals surface area contributed by atoms with Gasteiger partial charge in [0.1, 0.15) is 5.82 Å². The first kappa shape index (κ1) is 16.4. The summed E-state index contributed by atoms with van der Waals surface area (Å²) < 4.78 is 18.5. The molecule has 1 aliphatic rings. The summed E-state index contributed by atoms with van der Waals surface area (Å²) >= 11 is 0. The Hall–Kier alpha value is -1.95. The van der Waals surface area contributed by atoms with Crippen molar-refractivity contribution in [2.45, 2.75) is 37.6 Å². The van der Waals surface area contributed by atoms with Crippen LogP contribution in [0.25, 0.3) is 0 Å². The van der Waals surface area contributed by atoms with Crippen molar-refractivity contribution in [3.05, 3.63) is 35.6 Å². The Bertz CT molecular complexity index is 555. The molecule has 1 heterocycles. The van der Waals surface area contributed by atoms with Gasteiger partial charge >= 0.3 is 5.97 Å². The second-order valence-electron chi connectivity index (χ2n) is 5.73. The summed E-state index contributed by atoms with van der Waals surface area (Å²) in [7, 11) is 0. The van der Waals surface area contributed by atoms with Crippen molar-refractivity contribution in [2.75, 3.05) is 13.2 Å². The summed E-state index contributed by atoms with van der Waals surface area (Å²) in [5.74, 6) is -2.21. The van der Waals surface area contributed by atoms with Crippen LogP contribution < -0.4 is 5.32 Å². The number of rotatable bonds is 5. The van der Waals surface area contributed by atoms with E-state index in [9.17, 15) is 14.0 Å². The number of hydrogen-bond acceptors (Lipinski definition) is 3. The third kappa shape index (κ3) is 4.04. The van der Waals surface area contributed by atoms with Gasteiger partial charge in [-0.3, -0.25) is 9.59 Å². The van der Waals surface area contributed by atoms with Gasteiger partial charge in [0.2, 0.25) is 5.91 Å². The first-order valence-electron chi connectivity index (χ1n) is 7.29. The van der Waals surface area contributed by atoms with Crippen molar-refractivity contribution in [3.63, 3.8) is 0 Å². The molecular weight excluding hydrogens is 289 g/mol. The summed E-state index contributed by atoms with van der Waals surface area (Å²) in [5.41, 5.74) is -0.224. The van der Waals surface area contributed by atoms with Crippen LogP contribution >= 0.6 is 0 Å². The van der Waals surface area contributed by atoms with Crippen LogP contribution in [0.4, 0.5) is 4.39 Å². The minimum Gasteiger partial charge on any atom is -0.481 e. The molecule has 1 atom stereocenters. The second-order valence-corrected chi connectivity index (χ2v) is 5.73. The van der Waals surface area contributed by atoms with Crippen LogP contribution in [0.3, 0.4) is 0 Å². The molecule has 0 aliphatic carbocycles. The predicted molar refractivity (Wildman–Crippen MR) is 78.0 cm³/mol. The topological polar surface area (TPSA) is 75.6 Å². The number of halogens is 1. The number of hydrogen-bond donors (Lipinski definition) is 2. The molecule has 1 fully saturated rings. The number of amides is 1. The van der Waals surface area contributed by atoms with E-state index in [1.54, 1.807) is 19.1 Å². The van der Waals surface area contributed by atoms with Gasteiger partial charge in [-0.2, -0.15) is 0 Å². The number of carboxylic acid groups (broad SMARTS) is 1. The summed E-state index contributed by atoms with van der Waals surface area (Å²) in [6.45, 7) is 2.52. The predicted octanol–water partition coefficient (Wildman–Crippen LogP) is 2.07. The van der Waals surface area contributed by atoms with Gasteiger partial charge in [-0.1, -0.05) is 12.1 Å². The van der Waals surface area contributed by atoms with E-state index < -0.39 is 23.2 Å². The zero-order valence-corrected chi connectivity index (χ0v) is 12.5. The minimum absolute atomic E-state index is 0.141. The lowest BCUT2D eigenvalue weighted by Crippen LogP contribution is -2.54. The molecule has 6 heteroatoms. The molecular formula is C16H20FNO4. The molecule has 1 aromatic carbocycles. The lowest BCUT2D eigenvalue weighted by molar-refractivity contribution is -0.140. The Labute approximate surface area is 128 Å². The van der Waals surface area contributed by atoms with E-state index in [1.807, 2.05) is 0 Å². The smallest absolute Gasteiger partial charge is 0.305 e. The number of aliphatic carboxylic acids is 1. The normalized spacial score (nSPS) is 18.5. The molecule has 1 amide bonds. The summed E-state index contributed by atoms with van der Waals surface area (Å²) in [6, 6.07) is 5.87. The maximum Gasteiger partial charge on any atom is 0.305 e. The number of carboxylic acids is 1. The first-order valence-corrected chi connectivity index (χ1v) is 7.29. The minimum atomic E-state index is -0.958. The van der Waals surface area contributed by atoms with Crippen LogP contribution in [-0.2, 0) is 14.3 Å². The largest absolute Gasteiger partial charge is 0.481 e. The highest BCUT2D eigenvalue weighted by Crippen LogP contribution is 2.26. The molecule has 120 valence electrons. The van der Waals surface area contributed by atoms with E-state index in [-0.39, 0.29) is 12.3 Å². The molecule has 22 heavy (non-hydrogen) atoms. The van der Waals surface area contributed by atoms with Gasteiger partial charge < -0.3 is 15.2 Å². The van der Waals surface area contributed by atoms with Gasteiger partial charge in [0.15, 0.2) is 0 Å². The van der Waals surface area contributed by atoms with Gasteiger partial charge in [0.05, 0.1) is 17.9 Å². The highest BCUT2D eigenvalue weighted by Gasteiger charge is 2.37. The SMILES string of the molecule is CC(C(=O)NC1(CC(=O)O)CCOCC1)c1cccc(F)c1. The zero-order chi connectivity index (χ0) is 16.2. The van der Waals surface area contributed by atoms with Gasteiger partial charge in [-0.05, 0) is 37.5 Å². The quantitative estimate of drug-likeness (QED) is 0.873. The zero-order valence-electron chi connectivity index (χ0n) is 12.5. The highest BCUT2D eigenvalue weighted by molar-refractivity contribution is 5.84. The van der Waals surface area contributed by atoms with Crippen molar-refractivity contribution >= 4 is 11.9 Å². The molecule has 1 unspecified atom stereocenters. The molecule has 0 bridgehead atoms. The summed E-state index contributed by atoms with van der Waals surface area (Å²) in [4.78, 5) is 23.5. The standard InChI is InChI=1S/C16H20FNO4/c1-11(12-3-2-4-13(17)9-12)15(21)18-16(10-14(19)20)5-7-22-8-6-16/h2-4,9,11H,5-8,10H2,1H3,(H,18,21)(H,19,20). The molecule has 1 aromatic rings. The van der Waals surface area contributed by atoms with Crippen LogP contribution in [0.2, 0.25) is 0 Å². The fourth-order valence-corrected chi connectivity index (χ4v) is 2.69. The van der Waals surface area contributed by atoms with Crippen LogP contribution in [0.5, 0.6) is 0 Å². The highest BCUT2D eigenvalue weighted by atomic mass is 19.1. The number of nitrogens with one attached hydrogen (secondary N) is 1. The van der Waals surface area contributed by atoms with Crippen molar-refractivity contribution in [1.29, 1.82) is 0 Å². The van der Waals surface area contributed by atoms with Crippen LogP contribution in [0.1, 0.15) is 37.7 Å². The van der Waals surface area contributed by atoms with E-state index >= 15 is 0 Å². The monoisotopic (exact) mass is 309 g/mol. The molecule has 1 saturated heterocycles. The summed E-state index contributed by atoms with van der Waals surface area (Å²) in [5, 5.41) is 12.0. The average molecular weight is 309 g/mol. The van der Waals surface area contributed by atoms with E-state index in [1.165, 1.54) is 12.1 Å². The fourth-order valence-electron chi connectivity index (χ4n) is 2.69. The van der Waals surface area contributed by atoms with Gasteiger partial charge in [-0.25, -0.2) is 4.39 Å². The molecule has 0 saturated carbocycles. The molecule has 0 radical (unpaired) electrons. The molecule has 0 aromatic heterocycles. The maximum absolute atomic E-state index is 13.3. The number of ether oxygens (including phenoxy) is 1. The van der Waals surface area contributed by atoms with Crippen molar-refractivity contribution < 1.29 is 23.8 Å². The van der Waals surface area contributed by atoms with Crippen LogP contribution in [0.15, 0.2) is 24.3 Å². The third-order valence-electron chi connectivity index (χ3n) is 4.07. The summed E-state index contributed by atoms with van der Waals surface area (Å²) in [6.07, 6.45) is 0.778. The second kappa shape index (κ2) is 6.87. The Balaban J connectivity index is 2.11. The Morgan fingerprint density at radius 3 is 2.68 bits per heavy atom. The lowest BCUT2D eigenvalue weighted by atomic mass is 9.85. The van der Waals surface area contributed by atoms with E-state index in [4.69, 9.17) is 9.84 Å².